The molecule has 0 aliphatic rings. The zero-order valence-electron chi connectivity index (χ0n) is 10.8. The van der Waals surface area contributed by atoms with Crippen molar-refractivity contribution in [1.82, 2.24) is 5.43 Å². The molecule has 0 aliphatic heterocycles. The first-order valence-electron chi connectivity index (χ1n) is 5.90. The summed E-state index contributed by atoms with van der Waals surface area (Å²) in [5, 5.41) is 8.45. The molecular formula is C14H13N3O2S. The maximum Gasteiger partial charge on any atom is 0.271 e. The summed E-state index contributed by atoms with van der Waals surface area (Å²) in [6.45, 7) is 1.43. The number of hydrogen-bond donors (Lipinski definition) is 2. The lowest BCUT2D eigenvalue weighted by molar-refractivity contribution is -0.114. The van der Waals surface area contributed by atoms with Gasteiger partial charge in [0.1, 0.15) is 0 Å². The summed E-state index contributed by atoms with van der Waals surface area (Å²) in [5.74, 6) is -0.449. The zero-order chi connectivity index (χ0) is 14.4. The molecule has 2 rings (SSSR count). The second kappa shape index (κ2) is 6.63. The number of carbonyl (C=O) groups is 2. The molecule has 2 amide bonds. The first kappa shape index (κ1) is 14.0. The molecule has 20 heavy (non-hydrogen) atoms. The number of anilines is 1. The van der Waals surface area contributed by atoms with Gasteiger partial charge in [0, 0.05) is 23.1 Å². The Kier molecular flexibility index (Phi) is 4.62. The van der Waals surface area contributed by atoms with Gasteiger partial charge in [0.05, 0.1) is 6.21 Å². The Labute approximate surface area is 120 Å². The highest BCUT2D eigenvalue weighted by Gasteiger charge is 2.04. The van der Waals surface area contributed by atoms with E-state index in [-0.39, 0.29) is 11.8 Å². The Balaban J connectivity index is 1.93. The number of carbonyl (C=O) groups excluding carboxylic acids is 2. The van der Waals surface area contributed by atoms with Gasteiger partial charge in [-0.2, -0.15) is 5.10 Å². The molecule has 0 spiro atoms. The normalized spacial score (nSPS) is 10.4. The van der Waals surface area contributed by atoms with E-state index in [0.29, 0.717) is 11.3 Å². The minimum Gasteiger partial charge on any atom is -0.326 e. The molecule has 1 aromatic carbocycles. The fourth-order valence-corrected chi connectivity index (χ4v) is 2.08. The maximum atomic E-state index is 11.8. The van der Waals surface area contributed by atoms with Crippen molar-refractivity contribution in [2.75, 3.05) is 5.32 Å². The standard InChI is InChI=1S/C14H13N3O2S/c1-10(18)16-12-6-4-11(5-7-12)14(19)17-15-9-13-3-2-8-20-13/h2-9H,1H3,(H,16,18)(H,17,19)/b15-9+. The minimum absolute atomic E-state index is 0.150. The summed E-state index contributed by atoms with van der Waals surface area (Å²) in [7, 11) is 0. The molecular weight excluding hydrogens is 274 g/mol. The van der Waals surface area contributed by atoms with Gasteiger partial charge in [0.25, 0.3) is 5.91 Å². The number of benzene rings is 1. The number of thiophene rings is 1. The van der Waals surface area contributed by atoms with Crippen molar-refractivity contribution in [1.29, 1.82) is 0 Å². The third kappa shape index (κ3) is 4.03. The van der Waals surface area contributed by atoms with E-state index < -0.39 is 0 Å². The SMILES string of the molecule is CC(=O)Nc1ccc(C(=O)N/N=C/c2cccs2)cc1. The van der Waals surface area contributed by atoms with Crippen LogP contribution in [-0.4, -0.2) is 18.0 Å². The van der Waals surface area contributed by atoms with E-state index in [1.54, 1.807) is 30.5 Å². The van der Waals surface area contributed by atoms with Crippen LogP contribution in [0.2, 0.25) is 0 Å². The fourth-order valence-electron chi connectivity index (χ4n) is 1.49. The predicted molar refractivity (Wildman–Crippen MR) is 80.1 cm³/mol. The second-order valence-electron chi connectivity index (χ2n) is 3.97. The first-order valence-corrected chi connectivity index (χ1v) is 6.77. The van der Waals surface area contributed by atoms with Gasteiger partial charge in [-0.3, -0.25) is 9.59 Å². The summed E-state index contributed by atoms with van der Waals surface area (Å²) in [4.78, 5) is 23.6. The molecule has 0 saturated heterocycles. The summed E-state index contributed by atoms with van der Waals surface area (Å²) in [6, 6.07) is 10.4. The lowest BCUT2D eigenvalue weighted by Gasteiger charge is -2.03. The highest BCUT2D eigenvalue weighted by molar-refractivity contribution is 7.11. The molecule has 0 bridgehead atoms. The molecule has 0 saturated carbocycles. The number of nitrogens with zero attached hydrogens (tertiary/aromatic N) is 1. The van der Waals surface area contributed by atoms with E-state index in [9.17, 15) is 9.59 Å². The van der Waals surface area contributed by atoms with Crippen LogP contribution in [0, 0.1) is 0 Å². The number of hydrogen-bond acceptors (Lipinski definition) is 4. The van der Waals surface area contributed by atoms with Crippen molar-refractivity contribution in [2.45, 2.75) is 6.92 Å². The Hall–Kier alpha value is -2.47. The lowest BCUT2D eigenvalue weighted by atomic mass is 10.2. The molecule has 0 radical (unpaired) electrons. The number of nitrogens with one attached hydrogen (secondary N) is 2. The lowest BCUT2D eigenvalue weighted by Crippen LogP contribution is -2.17. The smallest absolute Gasteiger partial charge is 0.271 e. The van der Waals surface area contributed by atoms with Crippen LogP contribution in [-0.2, 0) is 4.79 Å². The molecule has 0 aliphatic carbocycles. The van der Waals surface area contributed by atoms with Gasteiger partial charge in [-0.25, -0.2) is 5.43 Å². The van der Waals surface area contributed by atoms with Crippen molar-refractivity contribution in [3.05, 3.63) is 52.2 Å². The number of amides is 2. The summed E-state index contributed by atoms with van der Waals surface area (Å²) in [6.07, 6.45) is 1.59. The molecule has 2 aromatic rings. The average Bonchev–Trinajstić information content (AvgIpc) is 2.92. The minimum atomic E-state index is -0.299. The van der Waals surface area contributed by atoms with Gasteiger partial charge >= 0.3 is 0 Å². The van der Waals surface area contributed by atoms with Gasteiger partial charge in [-0.05, 0) is 35.7 Å². The van der Waals surface area contributed by atoms with E-state index >= 15 is 0 Å². The third-order valence-corrected chi connectivity index (χ3v) is 3.18. The van der Waals surface area contributed by atoms with E-state index in [1.807, 2.05) is 17.5 Å². The van der Waals surface area contributed by atoms with Crippen molar-refractivity contribution in [3.8, 4) is 0 Å². The Bertz CT molecular complexity index is 618. The molecule has 0 fully saturated rings. The van der Waals surface area contributed by atoms with Crippen LogP contribution >= 0.6 is 11.3 Å². The van der Waals surface area contributed by atoms with E-state index in [0.717, 1.165) is 4.88 Å². The third-order valence-electron chi connectivity index (χ3n) is 2.37. The highest BCUT2D eigenvalue weighted by atomic mass is 32.1. The average molecular weight is 287 g/mol. The van der Waals surface area contributed by atoms with Crippen LogP contribution in [0.1, 0.15) is 22.2 Å². The second-order valence-corrected chi connectivity index (χ2v) is 4.95. The largest absolute Gasteiger partial charge is 0.326 e. The van der Waals surface area contributed by atoms with Gasteiger partial charge < -0.3 is 5.32 Å². The van der Waals surface area contributed by atoms with Gasteiger partial charge in [-0.1, -0.05) is 6.07 Å². The molecule has 0 atom stereocenters. The fraction of sp³-hybridized carbons (Fsp3) is 0.0714. The van der Waals surface area contributed by atoms with E-state index in [4.69, 9.17) is 0 Å². The van der Waals surface area contributed by atoms with Crippen LogP contribution in [0.25, 0.3) is 0 Å². The zero-order valence-corrected chi connectivity index (χ0v) is 11.6. The highest BCUT2D eigenvalue weighted by Crippen LogP contribution is 2.09. The Morgan fingerprint density at radius 1 is 1.20 bits per heavy atom. The molecule has 102 valence electrons. The Morgan fingerprint density at radius 3 is 2.55 bits per heavy atom. The quantitative estimate of drug-likeness (QED) is 0.670. The summed E-state index contributed by atoms with van der Waals surface area (Å²) < 4.78 is 0. The molecule has 5 nitrogen and oxygen atoms in total. The van der Waals surface area contributed by atoms with E-state index in [2.05, 4.69) is 15.8 Å². The van der Waals surface area contributed by atoms with Gasteiger partial charge in [0.15, 0.2) is 0 Å². The van der Waals surface area contributed by atoms with Gasteiger partial charge in [-0.15, -0.1) is 11.3 Å². The number of hydrazone groups is 1. The van der Waals surface area contributed by atoms with Crippen LogP contribution in [0.15, 0.2) is 46.9 Å². The van der Waals surface area contributed by atoms with Crippen molar-refractivity contribution in [3.63, 3.8) is 0 Å². The van der Waals surface area contributed by atoms with Gasteiger partial charge in [0.2, 0.25) is 5.91 Å². The van der Waals surface area contributed by atoms with E-state index in [1.165, 1.54) is 18.3 Å². The van der Waals surface area contributed by atoms with Crippen LogP contribution in [0.5, 0.6) is 0 Å². The topological polar surface area (TPSA) is 70.6 Å². The maximum absolute atomic E-state index is 11.8. The van der Waals surface area contributed by atoms with Crippen LogP contribution in [0.3, 0.4) is 0 Å². The van der Waals surface area contributed by atoms with Crippen molar-refractivity contribution in [2.24, 2.45) is 5.10 Å². The summed E-state index contributed by atoms with van der Waals surface area (Å²) >= 11 is 1.54. The van der Waals surface area contributed by atoms with Crippen molar-refractivity contribution >= 4 is 35.1 Å². The molecule has 6 heteroatoms. The molecule has 1 heterocycles. The molecule has 1 aromatic heterocycles. The molecule has 0 unspecified atom stereocenters. The Morgan fingerprint density at radius 2 is 1.95 bits per heavy atom. The monoisotopic (exact) mass is 287 g/mol. The first-order chi connectivity index (χ1) is 9.65. The van der Waals surface area contributed by atoms with Crippen molar-refractivity contribution < 1.29 is 9.59 Å². The summed E-state index contributed by atoms with van der Waals surface area (Å²) in [5.41, 5.74) is 3.57. The predicted octanol–water partition coefficient (Wildman–Crippen LogP) is 2.47. The van der Waals surface area contributed by atoms with Crippen LogP contribution < -0.4 is 10.7 Å². The number of rotatable bonds is 4. The molecule has 2 N–H and O–H groups in total. The van der Waals surface area contributed by atoms with Crippen LogP contribution in [0.4, 0.5) is 5.69 Å².